The lowest BCUT2D eigenvalue weighted by atomic mass is 9.93. The van der Waals surface area contributed by atoms with Crippen molar-refractivity contribution in [1.29, 1.82) is 0 Å². The first-order valence-electron chi connectivity index (χ1n) is 5.35. The van der Waals surface area contributed by atoms with E-state index in [2.05, 4.69) is 24.4 Å². The summed E-state index contributed by atoms with van der Waals surface area (Å²) >= 11 is 0. The van der Waals surface area contributed by atoms with Crippen LogP contribution in [0.5, 0.6) is 0 Å². The highest BCUT2D eigenvalue weighted by atomic mass is 16.3. The first-order chi connectivity index (χ1) is 6.33. The third-order valence-electron chi connectivity index (χ3n) is 2.68. The van der Waals surface area contributed by atoms with Gasteiger partial charge in [-0.05, 0) is 45.6 Å². The van der Waals surface area contributed by atoms with Crippen molar-refractivity contribution in [3.8, 4) is 0 Å². The van der Waals surface area contributed by atoms with Crippen molar-refractivity contribution in [3.63, 3.8) is 0 Å². The summed E-state index contributed by atoms with van der Waals surface area (Å²) in [5, 5.41) is 12.8. The van der Waals surface area contributed by atoms with Gasteiger partial charge in [0.15, 0.2) is 0 Å². The Kier molecular flexibility index (Phi) is 5.09. The number of rotatable bonds is 4. The Morgan fingerprint density at radius 2 is 2.00 bits per heavy atom. The molecule has 0 heterocycles. The lowest BCUT2D eigenvalue weighted by Gasteiger charge is -2.26. The zero-order chi connectivity index (χ0) is 9.52. The van der Waals surface area contributed by atoms with Crippen LogP contribution < -0.4 is 5.32 Å². The largest absolute Gasteiger partial charge is 0.393 e. The zero-order valence-electron chi connectivity index (χ0n) is 8.50. The summed E-state index contributed by atoms with van der Waals surface area (Å²) in [5.41, 5.74) is 0. The Bertz CT molecular complexity index is 148. The minimum absolute atomic E-state index is 0.0337. The van der Waals surface area contributed by atoms with E-state index in [1.807, 2.05) is 0 Å². The van der Waals surface area contributed by atoms with Crippen LogP contribution in [0.2, 0.25) is 0 Å². The second-order valence-corrected chi connectivity index (χ2v) is 3.82. The Balaban J connectivity index is 2.02. The molecule has 1 rings (SSSR count). The number of aliphatic hydroxyl groups excluding tert-OH is 1. The quantitative estimate of drug-likeness (QED) is 0.515. The molecule has 0 aromatic rings. The smallest absolute Gasteiger partial charge is 0.0541 e. The normalized spacial score (nSPS) is 29.7. The molecule has 0 bridgehead atoms. The highest BCUT2D eigenvalue weighted by molar-refractivity contribution is 4.80. The molecule has 0 aromatic carbocycles. The first-order valence-corrected chi connectivity index (χ1v) is 5.35. The average Bonchev–Trinajstić information content (AvgIpc) is 2.15. The van der Waals surface area contributed by atoms with Crippen LogP contribution in [-0.2, 0) is 0 Å². The van der Waals surface area contributed by atoms with E-state index in [-0.39, 0.29) is 6.10 Å². The monoisotopic (exact) mass is 183 g/mol. The van der Waals surface area contributed by atoms with Gasteiger partial charge in [-0.15, -0.1) is 0 Å². The van der Waals surface area contributed by atoms with Crippen LogP contribution in [0, 0.1) is 0 Å². The molecule has 0 aromatic heterocycles. The van der Waals surface area contributed by atoms with Crippen molar-refractivity contribution in [2.75, 3.05) is 6.54 Å². The van der Waals surface area contributed by atoms with Crippen LogP contribution in [0.3, 0.4) is 0 Å². The number of hydrogen-bond donors (Lipinski definition) is 2. The zero-order valence-corrected chi connectivity index (χ0v) is 8.50. The summed E-state index contributed by atoms with van der Waals surface area (Å²) in [6.07, 6.45) is 9.58. The van der Waals surface area contributed by atoms with E-state index in [0.717, 1.165) is 38.6 Å². The molecule has 0 amide bonds. The molecule has 1 fully saturated rings. The minimum Gasteiger partial charge on any atom is -0.393 e. The van der Waals surface area contributed by atoms with Crippen molar-refractivity contribution < 1.29 is 5.11 Å². The van der Waals surface area contributed by atoms with Gasteiger partial charge in [-0.25, -0.2) is 0 Å². The van der Waals surface area contributed by atoms with E-state index in [1.54, 1.807) is 0 Å². The molecular formula is C11H21NO. The van der Waals surface area contributed by atoms with E-state index >= 15 is 0 Å². The van der Waals surface area contributed by atoms with Gasteiger partial charge < -0.3 is 10.4 Å². The molecule has 0 aliphatic heterocycles. The van der Waals surface area contributed by atoms with E-state index < -0.39 is 0 Å². The molecule has 0 spiro atoms. The lowest BCUT2D eigenvalue weighted by molar-refractivity contribution is 0.117. The van der Waals surface area contributed by atoms with Crippen LogP contribution in [-0.4, -0.2) is 23.8 Å². The van der Waals surface area contributed by atoms with Crippen molar-refractivity contribution in [1.82, 2.24) is 5.32 Å². The molecule has 0 radical (unpaired) electrons. The number of nitrogens with one attached hydrogen (secondary N) is 1. The van der Waals surface area contributed by atoms with Crippen LogP contribution >= 0.6 is 0 Å². The maximum atomic E-state index is 9.30. The SMILES string of the molecule is C/C=C/CCNC1CCC(O)CC1. The fourth-order valence-corrected chi connectivity index (χ4v) is 1.82. The van der Waals surface area contributed by atoms with E-state index in [9.17, 15) is 5.11 Å². The molecular weight excluding hydrogens is 162 g/mol. The van der Waals surface area contributed by atoms with E-state index in [4.69, 9.17) is 0 Å². The van der Waals surface area contributed by atoms with Gasteiger partial charge in [-0.2, -0.15) is 0 Å². The Morgan fingerprint density at radius 1 is 1.31 bits per heavy atom. The molecule has 1 aliphatic rings. The van der Waals surface area contributed by atoms with Crippen LogP contribution in [0.1, 0.15) is 39.0 Å². The molecule has 0 saturated heterocycles. The highest BCUT2D eigenvalue weighted by Crippen LogP contribution is 2.17. The Hall–Kier alpha value is -0.340. The van der Waals surface area contributed by atoms with Gasteiger partial charge >= 0.3 is 0 Å². The van der Waals surface area contributed by atoms with Gasteiger partial charge in [0.05, 0.1) is 6.10 Å². The summed E-state index contributed by atoms with van der Waals surface area (Å²) in [5.74, 6) is 0. The highest BCUT2D eigenvalue weighted by Gasteiger charge is 2.17. The number of hydrogen-bond acceptors (Lipinski definition) is 2. The topological polar surface area (TPSA) is 32.3 Å². The minimum atomic E-state index is -0.0337. The second-order valence-electron chi connectivity index (χ2n) is 3.82. The standard InChI is InChI=1S/C11H21NO/c1-2-3-4-9-12-10-5-7-11(13)8-6-10/h2-3,10-13H,4-9H2,1H3/b3-2+. The third-order valence-corrected chi connectivity index (χ3v) is 2.68. The molecule has 1 aliphatic carbocycles. The summed E-state index contributed by atoms with van der Waals surface area (Å²) in [4.78, 5) is 0. The van der Waals surface area contributed by atoms with Gasteiger partial charge in [-0.1, -0.05) is 12.2 Å². The van der Waals surface area contributed by atoms with Crippen LogP contribution in [0.4, 0.5) is 0 Å². The molecule has 1 saturated carbocycles. The summed E-state index contributed by atoms with van der Waals surface area (Å²) in [6.45, 7) is 3.13. The molecule has 0 atom stereocenters. The van der Waals surface area contributed by atoms with Crippen molar-refractivity contribution in [2.24, 2.45) is 0 Å². The molecule has 76 valence electrons. The van der Waals surface area contributed by atoms with Crippen molar-refractivity contribution in [2.45, 2.75) is 51.2 Å². The maximum Gasteiger partial charge on any atom is 0.0541 e. The van der Waals surface area contributed by atoms with E-state index in [0.29, 0.717) is 6.04 Å². The Labute approximate surface area is 81.0 Å². The fourth-order valence-electron chi connectivity index (χ4n) is 1.82. The van der Waals surface area contributed by atoms with Gasteiger partial charge in [0.25, 0.3) is 0 Å². The summed E-state index contributed by atoms with van der Waals surface area (Å²) in [6, 6.07) is 0.647. The number of aliphatic hydroxyl groups is 1. The maximum absolute atomic E-state index is 9.30. The molecule has 2 N–H and O–H groups in total. The van der Waals surface area contributed by atoms with Gasteiger partial charge in [-0.3, -0.25) is 0 Å². The summed E-state index contributed by atoms with van der Waals surface area (Å²) < 4.78 is 0. The second kappa shape index (κ2) is 6.17. The van der Waals surface area contributed by atoms with E-state index in [1.165, 1.54) is 0 Å². The van der Waals surface area contributed by atoms with Crippen molar-refractivity contribution in [3.05, 3.63) is 12.2 Å². The van der Waals surface area contributed by atoms with Gasteiger partial charge in [0, 0.05) is 6.04 Å². The Morgan fingerprint density at radius 3 is 2.62 bits per heavy atom. The average molecular weight is 183 g/mol. The molecule has 2 heteroatoms. The van der Waals surface area contributed by atoms with Gasteiger partial charge in [0.2, 0.25) is 0 Å². The fraction of sp³-hybridized carbons (Fsp3) is 0.818. The van der Waals surface area contributed by atoms with Gasteiger partial charge in [0.1, 0.15) is 0 Å². The molecule has 0 unspecified atom stereocenters. The predicted molar refractivity (Wildman–Crippen MR) is 55.7 cm³/mol. The van der Waals surface area contributed by atoms with Crippen LogP contribution in [0.25, 0.3) is 0 Å². The predicted octanol–water partition coefficient (Wildman–Crippen LogP) is 1.85. The van der Waals surface area contributed by atoms with Crippen molar-refractivity contribution >= 4 is 0 Å². The lowest BCUT2D eigenvalue weighted by Crippen LogP contribution is -2.34. The third kappa shape index (κ3) is 4.44. The first kappa shape index (κ1) is 10.7. The molecule has 13 heavy (non-hydrogen) atoms. The molecule has 2 nitrogen and oxygen atoms in total. The summed E-state index contributed by atoms with van der Waals surface area (Å²) in [7, 11) is 0. The van der Waals surface area contributed by atoms with Crippen LogP contribution in [0.15, 0.2) is 12.2 Å². The number of allylic oxidation sites excluding steroid dienone is 1.